The van der Waals surface area contributed by atoms with Crippen molar-refractivity contribution < 1.29 is 13.2 Å². The van der Waals surface area contributed by atoms with Crippen molar-refractivity contribution in [2.45, 2.75) is 31.9 Å². The van der Waals surface area contributed by atoms with Gasteiger partial charge in [-0.3, -0.25) is 0 Å². The molecule has 1 N–H and O–H groups in total. The second-order valence-electron chi connectivity index (χ2n) is 5.34. The highest BCUT2D eigenvalue weighted by molar-refractivity contribution is 7.90. The van der Waals surface area contributed by atoms with Crippen molar-refractivity contribution in [3.63, 3.8) is 0 Å². The minimum atomic E-state index is -3.25. The van der Waals surface area contributed by atoms with Gasteiger partial charge in [0.2, 0.25) is 10.0 Å². The minimum Gasteiger partial charge on any atom is -0.381 e. The van der Waals surface area contributed by atoms with Gasteiger partial charge in [-0.2, -0.15) is 0 Å². The Bertz CT molecular complexity index is 542. The summed E-state index contributed by atoms with van der Waals surface area (Å²) >= 11 is 0. The van der Waals surface area contributed by atoms with Crippen molar-refractivity contribution in [3.8, 4) is 0 Å². The Hall–Kier alpha value is -0.910. The van der Waals surface area contributed by atoms with Crippen LogP contribution in [0.4, 0.5) is 0 Å². The standard InChI is InChI=1S/C15H23NO3S/c1-3-16-20(17,18)15-8-9-19-11-14(15)10-13-7-5-4-6-12(13)2/h4-7,14-16H,3,8-11H2,1-2H3. The zero-order chi connectivity index (χ0) is 14.6. The van der Waals surface area contributed by atoms with Gasteiger partial charge < -0.3 is 4.74 Å². The summed E-state index contributed by atoms with van der Waals surface area (Å²) in [5.74, 6) is 0.0221. The van der Waals surface area contributed by atoms with Crippen LogP contribution in [0.15, 0.2) is 24.3 Å². The molecule has 20 heavy (non-hydrogen) atoms. The molecule has 1 aromatic carbocycles. The first-order valence-electron chi connectivity index (χ1n) is 7.15. The Morgan fingerprint density at radius 1 is 1.35 bits per heavy atom. The van der Waals surface area contributed by atoms with E-state index < -0.39 is 10.0 Å². The lowest BCUT2D eigenvalue weighted by molar-refractivity contribution is 0.0570. The fourth-order valence-corrected chi connectivity index (χ4v) is 4.51. The van der Waals surface area contributed by atoms with Gasteiger partial charge in [-0.05, 0) is 30.9 Å². The summed E-state index contributed by atoms with van der Waals surface area (Å²) in [5.41, 5.74) is 2.41. The predicted molar refractivity (Wildman–Crippen MR) is 80.2 cm³/mol. The van der Waals surface area contributed by atoms with Crippen LogP contribution in [0.25, 0.3) is 0 Å². The molecule has 0 amide bonds. The summed E-state index contributed by atoms with van der Waals surface area (Å²) in [6, 6.07) is 8.14. The summed E-state index contributed by atoms with van der Waals surface area (Å²) in [5, 5.41) is -0.351. The third kappa shape index (κ3) is 3.59. The van der Waals surface area contributed by atoms with Crippen molar-refractivity contribution in [2.24, 2.45) is 5.92 Å². The fourth-order valence-electron chi connectivity index (χ4n) is 2.81. The second-order valence-corrected chi connectivity index (χ2v) is 7.32. The molecule has 5 heteroatoms. The van der Waals surface area contributed by atoms with E-state index in [0.717, 1.165) is 6.42 Å². The van der Waals surface area contributed by atoms with Crippen LogP contribution in [0, 0.1) is 12.8 Å². The number of benzene rings is 1. The van der Waals surface area contributed by atoms with Gasteiger partial charge in [0.05, 0.1) is 11.9 Å². The maximum Gasteiger partial charge on any atom is 0.214 e. The third-order valence-corrected chi connectivity index (χ3v) is 6.00. The lowest BCUT2D eigenvalue weighted by Gasteiger charge is -2.31. The van der Waals surface area contributed by atoms with E-state index in [9.17, 15) is 8.42 Å². The highest BCUT2D eigenvalue weighted by Gasteiger charge is 2.35. The molecule has 0 aromatic heterocycles. The van der Waals surface area contributed by atoms with Gasteiger partial charge in [0, 0.05) is 19.1 Å². The largest absolute Gasteiger partial charge is 0.381 e. The van der Waals surface area contributed by atoms with Crippen LogP contribution >= 0.6 is 0 Å². The number of nitrogens with one attached hydrogen (secondary N) is 1. The summed E-state index contributed by atoms with van der Waals surface area (Å²) < 4.78 is 32.8. The number of sulfonamides is 1. The summed E-state index contributed by atoms with van der Waals surface area (Å²) in [6.07, 6.45) is 1.33. The Morgan fingerprint density at radius 2 is 2.10 bits per heavy atom. The monoisotopic (exact) mass is 297 g/mol. The van der Waals surface area contributed by atoms with Crippen molar-refractivity contribution in [3.05, 3.63) is 35.4 Å². The Kier molecular flexibility index (Phi) is 5.18. The normalized spacial score (nSPS) is 23.7. The van der Waals surface area contributed by atoms with Crippen LogP contribution in [0.5, 0.6) is 0 Å². The summed E-state index contributed by atoms with van der Waals surface area (Å²) in [7, 11) is -3.25. The van der Waals surface area contributed by atoms with Gasteiger partial charge >= 0.3 is 0 Å². The lowest BCUT2D eigenvalue weighted by Crippen LogP contribution is -2.44. The van der Waals surface area contributed by atoms with E-state index in [1.165, 1.54) is 11.1 Å². The van der Waals surface area contributed by atoms with E-state index in [2.05, 4.69) is 23.8 Å². The van der Waals surface area contributed by atoms with Crippen LogP contribution in [0.3, 0.4) is 0 Å². The SMILES string of the molecule is CCNS(=O)(=O)C1CCOCC1Cc1ccccc1C. The van der Waals surface area contributed by atoms with Gasteiger partial charge in [0.1, 0.15) is 0 Å². The molecule has 0 bridgehead atoms. The van der Waals surface area contributed by atoms with E-state index in [4.69, 9.17) is 4.74 Å². The van der Waals surface area contributed by atoms with Crippen LogP contribution in [0.1, 0.15) is 24.5 Å². The molecule has 0 saturated carbocycles. The van der Waals surface area contributed by atoms with Crippen LogP contribution in [-0.2, 0) is 21.2 Å². The molecule has 2 unspecified atom stereocenters. The molecule has 1 saturated heterocycles. The van der Waals surface area contributed by atoms with E-state index in [1.807, 2.05) is 19.1 Å². The van der Waals surface area contributed by atoms with Crippen molar-refractivity contribution in [2.75, 3.05) is 19.8 Å². The van der Waals surface area contributed by atoms with Gasteiger partial charge in [-0.25, -0.2) is 13.1 Å². The molecular formula is C15H23NO3S. The smallest absolute Gasteiger partial charge is 0.214 e. The lowest BCUT2D eigenvalue weighted by atomic mass is 9.91. The van der Waals surface area contributed by atoms with Gasteiger partial charge in [0.25, 0.3) is 0 Å². The molecule has 4 nitrogen and oxygen atoms in total. The number of rotatable bonds is 5. The molecule has 2 rings (SSSR count). The van der Waals surface area contributed by atoms with E-state index in [-0.39, 0.29) is 11.2 Å². The topological polar surface area (TPSA) is 55.4 Å². The third-order valence-electron chi connectivity index (χ3n) is 3.89. The maximum absolute atomic E-state index is 12.3. The van der Waals surface area contributed by atoms with E-state index in [0.29, 0.717) is 26.2 Å². The fraction of sp³-hybridized carbons (Fsp3) is 0.600. The van der Waals surface area contributed by atoms with Crippen LogP contribution in [-0.4, -0.2) is 33.4 Å². The van der Waals surface area contributed by atoms with Crippen molar-refractivity contribution >= 4 is 10.0 Å². The van der Waals surface area contributed by atoms with Crippen LogP contribution < -0.4 is 4.72 Å². The molecule has 1 heterocycles. The summed E-state index contributed by atoms with van der Waals surface area (Å²) in [6.45, 7) is 5.36. The maximum atomic E-state index is 12.3. The Labute approximate surface area is 121 Å². The molecule has 0 aliphatic carbocycles. The minimum absolute atomic E-state index is 0.0221. The second kappa shape index (κ2) is 6.70. The van der Waals surface area contributed by atoms with Gasteiger partial charge in [-0.15, -0.1) is 0 Å². The van der Waals surface area contributed by atoms with Crippen molar-refractivity contribution in [1.29, 1.82) is 0 Å². The van der Waals surface area contributed by atoms with Gasteiger partial charge in [0.15, 0.2) is 0 Å². The predicted octanol–water partition coefficient (Wildman–Crippen LogP) is 1.88. The van der Waals surface area contributed by atoms with Crippen molar-refractivity contribution in [1.82, 2.24) is 4.72 Å². The molecule has 1 aliphatic rings. The number of hydrogen-bond acceptors (Lipinski definition) is 3. The number of hydrogen-bond donors (Lipinski definition) is 1. The summed E-state index contributed by atoms with van der Waals surface area (Å²) in [4.78, 5) is 0. The molecule has 2 atom stereocenters. The average molecular weight is 297 g/mol. The van der Waals surface area contributed by atoms with E-state index in [1.54, 1.807) is 0 Å². The van der Waals surface area contributed by atoms with E-state index >= 15 is 0 Å². The number of ether oxygens (including phenoxy) is 1. The van der Waals surface area contributed by atoms with Crippen LogP contribution in [0.2, 0.25) is 0 Å². The van der Waals surface area contributed by atoms with Gasteiger partial charge in [-0.1, -0.05) is 31.2 Å². The highest BCUT2D eigenvalue weighted by Crippen LogP contribution is 2.26. The zero-order valence-corrected chi connectivity index (χ0v) is 12.9. The highest BCUT2D eigenvalue weighted by atomic mass is 32.2. The average Bonchev–Trinajstić information content (AvgIpc) is 2.42. The molecule has 1 aromatic rings. The Balaban J connectivity index is 2.18. The first-order valence-corrected chi connectivity index (χ1v) is 8.70. The Morgan fingerprint density at radius 3 is 2.80 bits per heavy atom. The molecule has 112 valence electrons. The molecule has 1 fully saturated rings. The molecule has 0 radical (unpaired) electrons. The zero-order valence-electron chi connectivity index (χ0n) is 12.1. The first kappa shape index (κ1) is 15.5. The number of aryl methyl sites for hydroxylation is 1. The molecule has 0 spiro atoms. The first-order chi connectivity index (χ1) is 9.54. The molecule has 1 aliphatic heterocycles. The molecular weight excluding hydrogens is 274 g/mol. The quantitative estimate of drug-likeness (QED) is 0.903.